The van der Waals surface area contributed by atoms with Crippen molar-refractivity contribution in [3.63, 3.8) is 0 Å². The molecule has 0 bridgehead atoms. The van der Waals surface area contributed by atoms with Crippen molar-refractivity contribution < 1.29 is 4.79 Å². The van der Waals surface area contributed by atoms with Crippen LogP contribution in [0, 0.1) is 0 Å². The summed E-state index contributed by atoms with van der Waals surface area (Å²) in [6, 6.07) is 3.45. The first-order valence-corrected chi connectivity index (χ1v) is 6.35. The zero-order chi connectivity index (χ0) is 13.1. The summed E-state index contributed by atoms with van der Waals surface area (Å²) < 4.78 is 2.53. The number of amides is 1. The fourth-order valence-corrected chi connectivity index (χ4v) is 1.83. The van der Waals surface area contributed by atoms with Crippen molar-refractivity contribution in [2.24, 2.45) is 7.05 Å². The summed E-state index contributed by atoms with van der Waals surface area (Å²) in [5, 5.41) is 7.08. The molecule has 2 rings (SSSR count). The van der Waals surface area contributed by atoms with E-state index in [9.17, 15) is 4.79 Å². The first-order valence-electron chi connectivity index (χ1n) is 5.55. The molecule has 94 valence electrons. The minimum Gasteiger partial charge on any atom is -0.318 e. The van der Waals surface area contributed by atoms with Gasteiger partial charge in [-0.3, -0.25) is 9.48 Å². The molecule has 6 heteroatoms. The van der Waals surface area contributed by atoms with E-state index in [1.807, 2.05) is 14.0 Å². The monoisotopic (exact) mass is 308 g/mol. The van der Waals surface area contributed by atoms with E-state index >= 15 is 0 Å². The standard InChI is InChI=1S/C12H13BrN4O/c1-3-9-11(7-17(2)16-9)15-12(18)10-5-4-8(13)6-14-10/h4-7H,3H2,1-2H3,(H,15,18). The second-order valence-corrected chi connectivity index (χ2v) is 4.75. The van der Waals surface area contributed by atoms with Gasteiger partial charge in [0.1, 0.15) is 5.69 Å². The molecule has 1 amide bonds. The van der Waals surface area contributed by atoms with Crippen LogP contribution in [0.25, 0.3) is 0 Å². The van der Waals surface area contributed by atoms with Crippen LogP contribution in [-0.4, -0.2) is 20.7 Å². The molecule has 0 unspecified atom stereocenters. The van der Waals surface area contributed by atoms with Gasteiger partial charge in [0.2, 0.25) is 0 Å². The van der Waals surface area contributed by atoms with Gasteiger partial charge in [-0.1, -0.05) is 6.92 Å². The molecule has 0 aromatic carbocycles. The molecule has 0 aliphatic heterocycles. The fourth-order valence-electron chi connectivity index (χ4n) is 1.60. The minimum atomic E-state index is -0.231. The lowest BCUT2D eigenvalue weighted by atomic mass is 10.3. The SMILES string of the molecule is CCc1nn(C)cc1NC(=O)c1ccc(Br)cn1. The minimum absolute atomic E-state index is 0.231. The molecule has 0 aliphatic rings. The summed E-state index contributed by atoms with van der Waals surface area (Å²) in [6.45, 7) is 2.00. The van der Waals surface area contributed by atoms with E-state index < -0.39 is 0 Å². The maximum absolute atomic E-state index is 12.0. The summed E-state index contributed by atoms with van der Waals surface area (Å²) >= 11 is 3.28. The lowest BCUT2D eigenvalue weighted by molar-refractivity contribution is 0.102. The molecule has 2 aromatic rings. The van der Waals surface area contributed by atoms with E-state index in [4.69, 9.17) is 0 Å². The van der Waals surface area contributed by atoms with Crippen LogP contribution in [0.1, 0.15) is 23.1 Å². The Morgan fingerprint density at radius 2 is 2.28 bits per heavy atom. The lowest BCUT2D eigenvalue weighted by Crippen LogP contribution is -2.14. The highest BCUT2D eigenvalue weighted by Gasteiger charge is 2.12. The quantitative estimate of drug-likeness (QED) is 0.947. The summed E-state index contributed by atoms with van der Waals surface area (Å²) in [6.07, 6.45) is 4.15. The largest absolute Gasteiger partial charge is 0.318 e. The molecule has 0 saturated heterocycles. The maximum atomic E-state index is 12.0. The van der Waals surface area contributed by atoms with Gasteiger partial charge in [-0.25, -0.2) is 4.98 Å². The summed E-state index contributed by atoms with van der Waals surface area (Å²) in [5.41, 5.74) is 1.97. The number of hydrogen-bond donors (Lipinski definition) is 1. The lowest BCUT2D eigenvalue weighted by Gasteiger charge is -2.03. The molecule has 1 N–H and O–H groups in total. The second kappa shape index (κ2) is 5.30. The summed E-state index contributed by atoms with van der Waals surface area (Å²) in [5.74, 6) is -0.231. The summed E-state index contributed by atoms with van der Waals surface area (Å²) in [4.78, 5) is 16.0. The van der Waals surface area contributed by atoms with Gasteiger partial charge in [0, 0.05) is 23.9 Å². The van der Waals surface area contributed by atoms with Crippen molar-refractivity contribution in [2.45, 2.75) is 13.3 Å². The van der Waals surface area contributed by atoms with Crippen molar-refractivity contribution in [3.05, 3.63) is 40.4 Å². The van der Waals surface area contributed by atoms with E-state index in [0.717, 1.165) is 22.3 Å². The molecule has 0 saturated carbocycles. The highest BCUT2D eigenvalue weighted by atomic mass is 79.9. The molecule has 0 aliphatic carbocycles. The van der Waals surface area contributed by atoms with E-state index in [-0.39, 0.29) is 5.91 Å². The topological polar surface area (TPSA) is 59.8 Å². The van der Waals surface area contributed by atoms with Crippen molar-refractivity contribution >= 4 is 27.5 Å². The van der Waals surface area contributed by atoms with Crippen molar-refractivity contribution in [1.82, 2.24) is 14.8 Å². The summed E-state index contributed by atoms with van der Waals surface area (Å²) in [7, 11) is 1.83. The molecular formula is C12H13BrN4O. The molecular weight excluding hydrogens is 296 g/mol. The molecule has 5 nitrogen and oxygen atoms in total. The maximum Gasteiger partial charge on any atom is 0.274 e. The molecule has 2 aromatic heterocycles. The Morgan fingerprint density at radius 1 is 1.50 bits per heavy atom. The van der Waals surface area contributed by atoms with E-state index in [2.05, 4.69) is 31.3 Å². The van der Waals surface area contributed by atoms with Gasteiger partial charge in [0.05, 0.1) is 11.4 Å². The van der Waals surface area contributed by atoms with E-state index in [1.165, 1.54) is 0 Å². The third-order valence-corrected chi connectivity index (χ3v) is 2.92. The Bertz CT molecular complexity index is 562. The van der Waals surface area contributed by atoms with E-state index in [0.29, 0.717) is 5.69 Å². The number of aromatic nitrogens is 3. The number of halogens is 1. The normalized spacial score (nSPS) is 10.4. The highest BCUT2D eigenvalue weighted by molar-refractivity contribution is 9.10. The fraction of sp³-hybridized carbons (Fsp3) is 0.250. The number of anilines is 1. The van der Waals surface area contributed by atoms with Gasteiger partial charge in [-0.15, -0.1) is 0 Å². The van der Waals surface area contributed by atoms with Crippen LogP contribution in [-0.2, 0) is 13.5 Å². The average Bonchev–Trinajstić information content (AvgIpc) is 2.70. The zero-order valence-corrected chi connectivity index (χ0v) is 11.7. The molecule has 0 spiro atoms. The van der Waals surface area contributed by atoms with Gasteiger partial charge < -0.3 is 5.32 Å². The van der Waals surface area contributed by atoms with Crippen LogP contribution in [0.15, 0.2) is 29.0 Å². The highest BCUT2D eigenvalue weighted by Crippen LogP contribution is 2.15. The van der Waals surface area contributed by atoms with Crippen LogP contribution < -0.4 is 5.32 Å². The molecule has 18 heavy (non-hydrogen) atoms. The smallest absolute Gasteiger partial charge is 0.274 e. The van der Waals surface area contributed by atoms with Crippen LogP contribution in [0.3, 0.4) is 0 Å². The van der Waals surface area contributed by atoms with Gasteiger partial charge in [-0.05, 0) is 34.5 Å². The Hall–Kier alpha value is -1.69. The molecule has 0 atom stereocenters. The third kappa shape index (κ3) is 2.76. The molecule has 0 fully saturated rings. The Kier molecular flexibility index (Phi) is 3.76. The number of nitrogens with one attached hydrogen (secondary N) is 1. The van der Waals surface area contributed by atoms with E-state index in [1.54, 1.807) is 29.2 Å². The Labute approximate surface area is 113 Å². The number of aryl methyl sites for hydroxylation is 2. The average molecular weight is 309 g/mol. The van der Waals surface area contributed by atoms with Gasteiger partial charge >= 0.3 is 0 Å². The molecule has 2 heterocycles. The number of carbonyl (C=O) groups excluding carboxylic acids is 1. The number of nitrogens with zero attached hydrogens (tertiary/aromatic N) is 3. The Balaban J connectivity index is 2.18. The van der Waals surface area contributed by atoms with Gasteiger partial charge in [-0.2, -0.15) is 5.10 Å². The molecule has 0 radical (unpaired) electrons. The number of carbonyl (C=O) groups is 1. The predicted octanol–water partition coefficient (Wildman–Crippen LogP) is 2.39. The van der Waals surface area contributed by atoms with Crippen molar-refractivity contribution in [1.29, 1.82) is 0 Å². The first-order chi connectivity index (χ1) is 8.60. The number of hydrogen-bond acceptors (Lipinski definition) is 3. The first kappa shape index (κ1) is 12.8. The number of pyridine rings is 1. The zero-order valence-electron chi connectivity index (χ0n) is 10.1. The van der Waals surface area contributed by atoms with Crippen molar-refractivity contribution in [2.75, 3.05) is 5.32 Å². The second-order valence-electron chi connectivity index (χ2n) is 3.83. The van der Waals surface area contributed by atoms with Crippen LogP contribution in [0.2, 0.25) is 0 Å². The van der Waals surface area contributed by atoms with Gasteiger partial charge in [0.25, 0.3) is 5.91 Å². The van der Waals surface area contributed by atoms with Gasteiger partial charge in [0.15, 0.2) is 0 Å². The van der Waals surface area contributed by atoms with Crippen LogP contribution in [0.4, 0.5) is 5.69 Å². The van der Waals surface area contributed by atoms with Crippen LogP contribution in [0.5, 0.6) is 0 Å². The number of rotatable bonds is 3. The van der Waals surface area contributed by atoms with Crippen molar-refractivity contribution in [3.8, 4) is 0 Å². The third-order valence-electron chi connectivity index (χ3n) is 2.45. The van der Waals surface area contributed by atoms with Crippen LogP contribution >= 0.6 is 15.9 Å². The Morgan fingerprint density at radius 3 is 2.89 bits per heavy atom. The predicted molar refractivity (Wildman–Crippen MR) is 72.5 cm³/mol.